The van der Waals surface area contributed by atoms with Crippen LogP contribution in [-0.2, 0) is 4.79 Å². The Morgan fingerprint density at radius 1 is 1.50 bits per heavy atom. The third-order valence-corrected chi connectivity index (χ3v) is 0. The van der Waals surface area contributed by atoms with Gasteiger partial charge in [0.1, 0.15) is 6.79 Å². The molecule has 0 radical (unpaired) electrons. The fourth-order valence-corrected chi connectivity index (χ4v) is 0. The van der Waals surface area contributed by atoms with E-state index < -0.39 is 0 Å². The topological polar surface area (TPSA) is 63.3 Å². The predicted molar refractivity (Wildman–Crippen MR) is 13.1 cm³/mol. The molecular formula is CH5NO2. The van der Waals surface area contributed by atoms with Crippen LogP contribution in [0.1, 0.15) is 0 Å². The summed E-state index contributed by atoms with van der Waals surface area (Å²) in [5.74, 6) is 3.50. The van der Waals surface area contributed by atoms with Crippen LogP contribution < -0.4 is 5.90 Å². The van der Waals surface area contributed by atoms with Crippen LogP contribution in [0.3, 0.4) is 0 Å². The minimum absolute atomic E-state index is 2.00. The van der Waals surface area contributed by atoms with E-state index in [4.69, 9.17) is 10.0 Å². The van der Waals surface area contributed by atoms with Crippen molar-refractivity contribution in [3.63, 3.8) is 0 Å². The summed E-state index contributed by atoms with van der Waals surface area (Å²) >= 11 is 0. The molecule has 3 heteroatoms. The molecule has 0 aliphatic rings. The van der Waals surface area contributed by atoms with Crippen LogP contribution >= 0.6 is 0 Å². The molecule has 4 heavy (non-hydrogen) atoms. The highest BCUT2D eigenvalue weighted by Gasteiger charge is 0.732. The van der Waals surface area contributed by atoms with Gasteiger partial charge in [-0.1, -0.05) is 0 Å². The van der Waals surface area contributed by atoms with E-state index in [1.54, 1.807) is 0 Å². The zero-order valence-electron chi connectivity index (χ0n) is 2.14. The van der Waals surface area contributed by atoms with Gasteiger partial charge in [0.15, 0.2) is 0 Å². The van der Waals surface area contributed by atoms with E-state index in [9.17, 15) is 0 Å². The van der Waals surface area contributed by atoms with Crippen molar-refractivity contribution < 1.29 is 10.0 Å². The molecule has 3 nitrogen and oxygen atoms in total. The van der Waals surface area contributed by atoms with Crippen LogP contribution in [-0.4, -0.2) is 12.0 Å². The van der Waals surface area contributed by atoms with Gasteiger partial charge in [0.2, 0.25) is 0 Å². The highest BCUT2D eigenvalue weighted by atomic mass is 16.4. The number of carbonyl (C=O) groups is 1. The fourth-order valence-electron chi connectivity index (χ4n) is 0. The van der Waals surface area contributed by atoms with Crippen molar-refractivity contribution in [2.24, 2.45) is 5.90 Å². The largest absolute Gasteiger partial charge is 0.320 e. The maximum absolute atomic E-state index is 8.00. The zero-order valence-corrected chi connectivity index (χ0v) is 2.14. The summed E-state index contributed by atoms with van der Waals surface area (Å²) in [6, 6.07) is 0. The summed E-state index contributed by atoms with van der Waals surface area (Å²) in [6.07, 6.45) is 0. The zero-order chi connectivity index (χ0) is 4.00. The van der Waals surface area contributed by atoms with Crippen LogP contribution in [0.2, 0.25) is 0 Å². The van der Waals surface area contributed by atoms with Crippen molar-refractivity contribution in [2.75, 3.05) is 0 Å². The summed E-state index contributed by atoms with van der Waals surface area (Å²) in [5, 5.41) is 6.50. The van der Waals surface area contributed by atoms with Crippen LogP contribution in [0, 0.1) is 0 Å². The molecule has 0 aromatic carbocycles. The Balaban J connectivity index is 0. The highest BCUT2D eigenvalue weighted by molar-refractivity contribution is 5.10. The average molecular weight is 63.1 g/mol. The lowest BCUT2D eigenvalue weighted by Gasteiger charge is -1.27. The van der Waals surface area contributed by atoms with E-state index in [2.05, 4.69) is 5.90 Å². The Kier molecular flexibility index (Phi) is 92.8. The van der Waals surface area contributed by atoms with Crippen molar-refractivity contribution in [2.45, 2.75) is 0 Å². The van der Waals surface area contributed by atoms with Crippen LogP contribution in [0.4, 0.5) is 0 Å². The molecule has 0 heterocycles. The smallest absolute Gasteiger partial charge is 0.106 e. The standard InChI is InChI=1S/CH2O.H3NO/c2*1-2/h1H2;2H,1H2. The predicted octanol–water partition coefficient (Wildman–Crippen LogP) is -0.851. The molecule has 0 aromatic heterocycles. The van der Waals surface area contributed by atoms with Crippen LogP contribution in [0.15, 0.2) is 0 Å². The van der Waals surface area contributed by atoms with Gasteiger partial charge < -0.3 is 10.0 Å². The Morgan fingerprint density at radius 2 is 1.50 bits per heavy atom. The number of rotatable bonds is 0. The molecule has 0 aromatic rings. The monoisotopic (exact) mass is 63.0 g/mol. The molecule has 0 rings (SSSR count). The summed E-state index contributed by atoms with van der Waals surface area (Å²) in [4.78, 5) is 8.00. The van der Waals surface area contributed by atoms with Gasteiger partial charge in [-0.15, -0.1) is 0 Å². The molecule has 0 amide bonds. The van der Waals surface area contributed by atoms with Crippen molar-refractivity contribution in [3.05, 3.63) is 0 Å². The van der Waals surface area contributed by atoms with Crippen LogP contribution in [0.5, 0.6) is 0 Å². The Bertz CT molecular complexity index is 6.00. The third-order valence-electron chi connectivity index (χ3n) is 0. The molecule has 0 fully saturated rings. The van der Waals surface area contributed by atoms with E-state index in [1.165, 1.54) is 0 Å². The average Bonchev–Trinajstić information content (AvgIpc) is 1.50. The lowest BCUT2D eigenvalue weighted by Crippen LogP contribution is -1.72. The number of carbonyl (C=O) groups excluding carboxylic acids is 1. The molecule has 0 spiro atoms. The maximum Gasteiger partial charge on any atom is 0.106 e. The second kappa shape index (κ2) is 39.0. The number of hydrogen-bond acceptors (Lipinski definition) is 3. The lowest BCUT2D eigenvalue weighted by molar-refractivity contribution is -0.0979. The molecule has 0 aliphatic carbocycles. The van der Waals surface area contributed by atoms with E-state index in [0.29, 0.717) is 0 Å². The first kappa shape index (κ1) is 9.53. The van der Waals surface area contributed by atoms with Gasteiger partial charge >= 0.3 is 0 Å². The molecule has 3 N–H and O–H groups in total. The van der Waals surface area contributed by atoms with Crippen molar-refractivity contribution in [1.29, 1.82) is 0 Å². The van der Waals surface area contributed by atoms with Gasteiger partial charge in [0, 0.05) is 0 Å². The van der Waals surface area contributed by atoms with Gasteiger partial charge in [-0.05, 0) is 0 Å². The minimum atomic E-state index is 2.00. The van der Waals surface area contributed by atoms with Gasteiger partial charge in [-0.2, -0.15) is 0 Å². The first-order chi connectivity index (χ1) is 2.00. The second-order valence-corrected chi connectivity index (χ2v) is 0. The molecule has 0 saturated heterocycles. The highest BCUT2D eigenvalue weighted by Crippen LogP contribution is 0.494. The molecular weight excluding hydrogens is 58.0 g/mol. The summed E-state index contributed by atoms with van der Waals surface area (Å²) < 4.78 is 0. The molecule has 0 saturated carbocycles. The third kappa shape index (κ3) is 3.29. The first-order valence-corrected chi connectivity index (χ1v) is 0.547. The Labute approximate surface area is 24.0 Å². The van der Waals surface area contributed by atoms with Gasteiger partial charge in [0.05, 0.1) is 0 Å². The molecule has 0 unspecified atom stereocenters. The first-order valence-electron chi connectivity index (χ1n) is 0.547. The quantitative estimate of drug-likeness (QED) is 0.360. The Hall–Kier alpha value is -0.410. The molecule has 0 aliphatic heterocycles. The lowest BCUT2D eigenvalue weighted by atomic mass is 11.9. The Morgan fingerprint density at radius 3 is 1.50 bits per heavy atom. The number of hydrogen-bond donors (Lipinski definition) is 2. The van der Waals surface area contributed by atoms with Crippen LogP contribution in [0.25, 0.3) is 0 Å². The van der Waals surface area contributed by atoms with Gasteiger partial charge in [-0.3, -0.25) is 0 Å². The summed E-state index contributed by atoms with van der Waals surface area (Å²) in [5.41, 5.74) is 0. The molecule has 0 bridgehead atoms. The summed E-state index contributed by atoms with van der Waals surface area (Å²) in [7, 11) is 0. The number of nitrogens with two attached hydrogens (primary N) is 1. The fraction of sp³-hybridized carbons (Fsp3) is 0. The second-order valence-electron chi connectivity index (χ2n) is 0. The van der Waals surface area contributed by atoms with E-state index >= 15 is 0 Å². The van der Waals surface area contributed by atoms with Crippen molar-refractivity contribution in [3.8, 4) is 0 Å². The van der Waals surface area contributed by atoms with Gasteiger partial charge in [-0.25, -0.2) is 5.90 Å². The SMILES string of the molecule is C=O.NO. The minimum Gasteiger partial charge on any atom is -0.320 e. The summed E-state index contributed by atoms with van der Waals surface area (Å²) in [6.45, 7) is 2.00. The molecule has 0 atom stereocenters. The van der Waals surface area contributed by atoms with Crippen molar-refractivity contribution >= 4 is 6.79 Å². The van der Waals surface area contributed by atoms with E-state index in [0.717, 1.165) is 0 Å². The van der Waals surface area contributed by atoms with E-state index in [1.807, 2.05) is 6.79 Å². The van der Waals surface area contributed by atoms with Crippen molar-refractivity contribution in [1.82, 2.24) is 0 Å². The molecule has 26 valence electrons. The van der Waals surface area contributed by atoms with E-state index in [-0.39, 0.29) is 0 Å². The normalized spacial score (nSPS) is 2.50. The van der Waals surface area contributed by atoms with Gasteiger partial charge in [0.25, 0.3) is 0 Å². The maximum atomic E-state index is 8.00.